The fraction of sp³-hybridized carbons (Fsp3) is 0.231. The van der Waals surface area contributed by atoms with Gasteiger partial charge in [-0.2, -0.15) is 0 Å². The van der Waals surface area contributed by atoms with Gasteiger partial charge in [-0.1, -0.05) is 86.5 Å². The molecule has 0 aromatic heterocycles. The van der Waals surface area contributed by atoms with E-state index < -0.39 is 20.5 Å². The van der Waals surface area contributed by atoms with Crippen molar-refractivity contribution in [2.24, 2.45) is 11.8 Å². The molecule has 0 N–H and O–H groups in total. The molecule has 5 heteroatoms. The Balaban J connectivity index is 1.65. The summed E-state index contributed by atoms with van der Waals surface area (Å²) in [5.41, 5.74) is 7.04. The van der Waals surface area contributed by atoms with Gasteiger partial charge in [-0.05, 0) is 59.4 Å². The van der Waals surface area contributed by atoms with E-state index in [0.29, 0.717) is 5.69 Å². The van der Waals surface area contributed by atoms with Gasteiger partial charge in [0.25, 0.3) is 0 Å². The van der Waals surface area contributed by atoms with Crippen LogP contribution < -0.4 is 4.90 Å². The van der Waals surface area contributed by atoms with Crippen LogP contribution in [0.25, 0.3) is 0 Å². The first-order chi connectivity index (χ1) is 14.8. The van der Waals surface area contributed by atoms with E-state index in [2.05, 4.69) is 56.1 Å². The van der Waals surface area contributed by atoms with E-state index in [9.17, 15) is 9.59 Å². The van der Waals surface area contributed by atoms with Crippen LogP contribution in [0.15, 0.2) is 66.7 Å². The average molecular weight is 537 g/mol. The normalized spacial score (nSPS) is 30.3. The molecule has 7 rings (SSSR count). The van der Waals surface area contributed by atoms with Crippen LogP contribution in [0.5, 0.6) is 0 Å². The number of imide groups is 1. The molecule has 0 radical (unpaired) electrons. The summed E-state index contributed by atoms with van der Waals surface area (Å²) in [7, 11) is 0. The molecular weight excluding hydrogens is 518 g/mol. The Morgan fingerprint density at radius 2 is 1.10 bits per heavy atom. The van der Waals surface area contributed by atoms with Crippen molar-refractivity contribution in [1.82, 2.24) is 0 Å². The summed E-state index contributed by atoms with van der Waals surface area (Å²) in [4.78, 5) is 29.3. The van der Waals surface area contributed by atoms with Crippen LogP contribution in [0.4, 0.5) is 5.69 Å². The molecule has 0 spiro atoms. The maximum atomic E-state index is 14.0. The Bertz CT molecular complexity index is 1190. The molecule has 0 saturated carbocycles. The first kappa shape index (κ1) is 19.4. The number of aryl methyl sites for hydroxylation is 2. The molecule has 2 atom stereocenters. The minimum Gasteiger partial charge on any atom is -0.274 e. The van der Waals surface area contributed by atoms with E-state index in [1.807, 2.05) is 56.3 Å². The van der Waals surface area contributed by atoms with Gasteiger partial charge in [-0.3, -0.25) is 9.59 Å². The lowest BCUT2D eigenvalue weighted by Gasteiger charge is -2.55. The van der Waals surface area contributed by atoms with E-state index in [1.54, 1.807) is 0 Å². The molecule has 1 saturated heterocycles. The van der Waals surface area contributed by atoms with Crippen LogP contribution in [0.3, 0.4) is 0 Å². The first-order valence-electron chi connectivity index (χ1n) is 10.3. The van der Waals surface area contributed by atoms with Gasteiger partial charge < -0.3 is 0 Å². The number of alkyl halides is 2. The Hall–Kier alpha value is -2.24. The Morgan fingerprint density at radius 3 is 1.48 bits per heavy atom. The Morgan fingerprint density at radius 1 is 0.677 bits per heavy atom. The van der Waals surface area contributed by atoms with Gasteiger partial charge in [-0.25, -0.2) is 4.90 Å². The molecule has 3 aromatic carbocycles. The number of amides is 2. The van der Waals surface area contributed by atoms with Crippen LogP contribution in [-0.2, 0) is 18.2 Å². The molecule has 2 bridgehead atoms. The lowest BCUT2D eigenvalue weighted by Crippen LogP contribution is -2.56. The molecule has 1 heterocycles. The van der Waals surface area contributed by atoms with Crippen molar-refractivity contribution in [3.05, 3.63) is 100 Å². The van der Waals surface area contributed by atoms with Gasteiger partial charge in [0.15, 0.2) is 0 Å². The smallest absolute Gasteiger partial charge is 0.239 e. The molecule has 154 valence electrons. The predicted octanol–water partition coefficient (Wildman–Crippen LogP) is 5.71. The predicted molar refractivity (Wildman–Crippen MR) is 128 cm³/mol. The van der Waals surface area contributed by atoms with Gasteiger partial charge in [0.2, 0.25) is 11.8 Å². The number of carbonyl (C=O) groups excluding carboxylic acids is 2. The lowest BCUT2D eigenvalue weighted by atomic mass is 9.54. The summed E-state index contributed by atoms with van der Waals surface area (Å²) in [6, 6.07) is 22.1. The van der Waals surface area contributed by atoms with E-state index in [-0.39, 0.29) is 11.8 Å². The van der Waals surface area contributed by atoms with Crippen molar-refractivity contribution in [3.8, 4) is 0 Å². The highest BCUT2D eigenvalue weighted by atomic mass is 79.9. The van der Waals surface area contributed by atoms with Gasteiger partial charge in [0.1, 0.15) is 0 Å². The molecule has 1 fully saturated rings. The van der Waals surface area contributed by atoms with Gasteiger partial charge in [0.05, 0.1) is 26.2 Å². The second-order valence-corrected chi connectivity index (χ2v) is 11.3. The van der Waals surface area contributed by atoms with Crippen molar-refractivity contribution >= 4 is 49.4 Å². The number of halogens is 2. The van der Waals surface area contributed by atoms with Crippen molar-refractivity contribution in [2.45, 2.75) is 22.5 Å². The molecule has 3 aromatic rings. The van der Waals surface area contributed by atoms with Gasteiger partial charge in [0, 0.05) is 0 Å². The molecule has 31 heavy (non-hydrogen) atoms. The quantitative estimate of drug-likeness (QED) is 0.295. The van der Waals surface area contributed by atoms with E-state index in [0.717, 1.165) is 33.4 Å². The zero-order chi connectivity index (χ0) is 21.7. The molecule has 2 amide bonds. The summed E-state index contributed by atoms with van der Waals surface area (Å²) >= 11 is 8.07. The van der Waals surface area contributed by atoms with Gasteiger partial charge >= 0.3 is 0 Å². The van der Waals surface area contributed by atoms with Crippen LogP contribution in [-0.4, -0.2) is 11.8 Å². The number of hydrogen-bond acceptors (Lipinski definition) is 2. The number of hydrogen-bond donors (Lipinski definition) is 0. The Kier molecular flexibility index (Phi) is 3.87. The van der Waals surface area contributed by atoms with Crippen LogP contribution in [0.2, 0.25) is 0 Å². The zero-order valence-corrected chi connectivity index (χ0v) is 20.2. The third-order valence-corrected chi connectivity index (χ3v) is 10.0. The lowest BCUT2D eigenvalue weighted by molar-refractivity contribution is -0.122. The maximum absolute atomic E-state index is 14.0. The molecule has 4 aliphatic rings. The molecule has 1 aliphatic heterocycles. The van der Waals surface area contributed by atoms with Crippen molar-refractivity contribution < 1.29 is 9.59 Å². The van der Waals surface area contributed by atoms with Crippen LogP contribution in [0.1, 0.15) is 33.4 Å². The third kappa shape index (κ3) is 2.14. The van der Waals surface area contributed by atoms with E-state index >= 15 is 0 Å². The van der Waals surface area contributed by atoms with E-state index in [1.165, 1.54) is 4.90 Å². The SMILES string of the molecule is Cc1ccc(N2C(=O)[C@@H]3[C@H](C2=O)C2(Br)c4ccccc4C3(Br)c3ccccc32)cc1C. The minimum absolute atomic E-state index is 0.150. The highest BCUT2D eigenvalue weighted by molar-refractivity contribution is 9.10. The second-order valence-electron chi connectivity index (χ2n) is 8.75. The molecule has 3 nitrogen and oxygen atoms in total. The summed E-state index contributed by atoms with van der Waals surface area (Å²) in [6.07, 6.45) is 0. The van der Waals surface area contributed by atoms with E-state index in [4.69, 9.17) is 0 Å². The highest BCUT2D eigenvalue weighted by Crippen LogP contribution is 2.70. The molecule has 3 aliphatic carbocycles. The van der Waals surface area contributed by atoms with Crippen molar-refractivity contribution in [2.75, 3.05) is 4.90 Å². The van der Waals surface area contributed by atoms with Crippen LogP contribution in [0, 0.1) is 25.7 Å². The number of anilines is 1. The van der Waals surface area contributed by atoms with Crippen molar-refractivity contribution in [3.63, 3.8) is 0 Å². The fourth-order valence-corrected chi connectivity index (χ4v) is 8.09. The minimum atomic E-state index is -0.748. The van der Waals surface area contributed by atoms with Crippen LogP contribution >= 0.6 is 31.9 Å². The topological polar surface area (TPSA) is 37.4 Å². The largest absolute Gasteiger partial charge is 0.274 e. The standard InChI is InChI=1S/C26H19Br2NO2/c1-14-11-12-16(13-15(14)2)29-23(30)21-22(24(29)31)26(28)18-8-4-3-7-17(18)25(21,27)19-9-5-6-10-20(19)26/h3-13,21-22H,1-2H3/t21-,22+,25?,26?. The number of rotatable bonds is 1. The summed E-state index contributed by atoms with van der Waals surface area (Å²) < 4.78 is -1.50. The summed E-state index contributed by atoms with van der Waals surface area (Å²) in [5.74, 6) is -1.37. The van der Waals surface area contributed by atoms with Gasteiger partial charge in [-0.15, -0.1) is 0 Å². The molecular formula is C26H19Br2NO2. The highest BCUT2D eigenvalue weighted by Gasteiger charge is 2.72. The maximum Gasteiger partial charge on any atom is 0.239 e. The average Bonchev–Trinajstić information content (AvgIpc) is 3.05. The summed E-state index contributed by atoms with van der Waals surface area (Å²) in [6.45, 7) is 4.03. The first-order valence-corrected chi connectivity index (χ1v) is 11.9. The zero-order valence-electron chi connectivity index (χ0n) is 17.0. The number of carbonyl (C=O) groups is 2. The number of nitrogens with zero attached hydrogens (tertiary/aromatic N) is 1. The number of benzene rings is 3. The second kappa shape index (κ2) is 6.17. The monoisotopic (exact) mass is 535 g/mol. The van der Waals surface area contributed by atoms with Crippen molar-refractivity contribution in [1.29, 1.82) is 0 Å². The Labute approximate surface area is 197 Å². The fourth-order valence-electron chi connectivity index (χ4n) is 5.79. The third-order valence-electron chi connectivity index (χ3n) is 7.33. The summed E-state index contributed by atoms with van der Waals surface area (Å²) in [5, 5.41) is 0. The molecule has 0 unspecified atom stereocenters.